The zero-order chi connectivity index (χ0) is 13.3. The van der Waals surface area contributed by atoms with Gasteiger partial charge >= 0.3 is 5.97 Å². The molecule has 5 heteroatoms. The maximum atomic E-state index is 10.9. The van der Waals surface area contributed by atoms with Gasteiger partial charge in [-0.05, 0) is 37.6 Å². The summed E-state index contributed by atoms with van der Waals surface area (Å²) in [5, 5.41) is 10.1. The molecule has 0 amide bonds. The van der Waals surface area contributed by atoms with Crippen molar-refractivity contribution in [3.05, 3.63) is 33.8 Å². The Labute approximate surface area is 116 Å². The van der Waals surface area contributed by atoms with Crippen molar-refractivity contribution in [2.75, 3.05) is 13.1 Å². The topological polar surface area (TPSA) is 40.5 Å². The van der Waals surface area contributed by atoms with E-state index in [0.717, 1.165) is 12.1 Å². The van der Waals surface area contributed by atoms with Gasteiger partial charge in [0.25, 0.3) is 0 Å². The number of benzene rings is 1. The summed E-state index contributed by atoms with van der Waals surface area (Å²) in [6.45, 7) is 3.46. The van der Waals surface area contributed by atoms with Crippen LogP contribution in [0.2, 0.25) is 10.0 Å². The van der Waals surface area contributed by atoms with Crippen LogP contribution in [-0.2, 0) is 4.79 Å². The Hall–Kier alpha value is -0.770. The van der Waals surface area contributed by atoms with E-state index in [0.29, 0.717) is 23.0 Å². The molecule has 0 radical (unpaired) electrons. The molecule has 0 unspecified atom stereocenters. The van der Waals surface area contributed by atoms with Crippen molar-refractivity contribution >= 4 is 29.2 Å². The quantitative estimate of drug-likeness (QED) is 0.926. The van der Waals surface area contributed by atoms with E-state index in [-0.39, 0.29) is 12.0 Å². The molecule has 1 N–H and O–H groups in total. The first-order valence-corrected chi connectivity index (χ1v) is 6.66. The summed E-state index contributed by atoms with van der Waals surface area (Å²) in [7, 11) is 0. The third kappa shape index (κ3) is 2.79. The van der Waals surface area contributed by atoms with Crippen molar-refractivity contribution in [3.8, 4) is 0 Å². The van der Waals surface area contributed by atoms with E-state index in [1.807, 2.05) is 12.1 Å². The molecule has 1 aliphatic rings. The fourth-order valence-corrected chi connectivity index (χ4v) is 2.63. The standard InChI is InChI=1S/C13H15Cl2NO2/c1-8(9-2-3-11(14)12(15)6-9)16-5-4-10(7-16)13(17)18/h2-3,6,8,10H,4-5,7H2,1H3,(H,17,18)/t8-,10+/m1/s1. The fraction of sp³-hybridized carbons (Fsp3) is 0.462. The van der Waals surface area contributed by atoms with Crippen LogP contribution in [0.15, 0.2) is 18.2 Å². The van der Waals surface area contributed by atoms with E-state index in [9.17, 15) is 4.79 Å². The molecule has 2 rings (SSSR count). The highest BCUT2D eigenvalue weighted by atomic mass is 35.5. The molecule has 2 atom stereocenters. The van der Waals surface area contributed by atoms with Crippen LogP contribution in [0.4, 0.5) is 0 Å². The second-order valence-corrected chi connectivity index (χ2v) is 5.48. The van der Waals surface area contributed by atoms with E-state index in [1.165, 1.54) is 0 Å². The minimum Gasteiger partial charge on any atom is -0.481 e. The number of carboxylic acids is 1. The van der Waals surface area contributed by atoms with Crippen molar-refractivity contribution in [3.63, 3.8) is 0 Å². The largest absolute Gasteiger partial charge is 0.481 e. The lowest BCUT2D eigenvalue weighted by Crippen LogP contribution is -2.26. The monoisotopic (exact) mass is 287 g/mol. The van der Waals surface area contributed by atoms with Gasteiger partial charge in [0.1, 0.15) is 0 Å². The van der Waals surface area contributed by atoms with Gasteiger partial charge in [0.15, 0.2) is 0 Å². The number of aliphatic carboxylic acids is 1. The summed E-state index contributed by atoms with van der Waals surface area (Å²) >= 11 is 11.9. The first kappa shape index (κ1) is 13.7. The number of likely N-dealkylation sites (tertiary alicyclic amines) is 1. The van der Waals surface area contributed by atoms with Crippen molar-refractivity contribution in [1.82, 2.24) is 4.90 Å². The smallest absolute Gasteiger partial charge is 0.307 e. The van der Waals surface area contributed by atoms with E-state index in [4.69, 9.17) is 28.3 Å². The van der Waals surface area contributed by atoms with Crippen molar-refractivity contribution in [2.45, 2.75) is 19.4 Å². The maximum absolute atomic E-state index is 10.9. The van der Waals surface area contributed by atoms with Crippen LogP contribution in [0.3, 0.4) is 0 Å². The highest BCUT2D eigenvalue weighted by molar-refractivity contribution is 6.42. The molecular formula is C13H15Cl2NO2. The lowest BCUT2D eigenvalue weighted by atomic mass is 10.1. The Morgan fingerprint density at radius 1 is 1.44 bits per heavy atom. The molecular weight excluding hydrogens is 273 g/mol. The van der Waals surface area contributed by atoms with Gasteiger partial charge < -0.3 is 5.11 Å². The summed E-state index contributed by atoms with van der Waals surface area (Å²) in [5.41, 5.74) is 1.07. The maximum Gasteiger partial charge on any atom is 0.307 e. The number of rotatable bonds is 3. The first-order valence-electron chi connectivity index (χ1n) is 5.91. The van der Waals surface area contributed by atoms with Gasteiger partial charge in [0.2, 0.25) is 0 Å². The Kier molecular flexibility index (Phi) is 4.15. The van der Waals surface area contributed by atoms with Gasteiger partial charge in [0, 0.05) is 12.6 Å². The Balaban J connectivity index is 2.10. The summed E-state index contributed by atoms with van der Waals surface area (Å²) in [5.74, 6) is -0.964. The highest BCUT2D eigenvalue weighted by Crippen LogP contribution is 2.31. The summed E-state index contributed by atoms with van der Waals surface area (Å²) in [4.78, 5) is 13.1. The molecule has 1 aromatic carbocycles. The number of carboxylic acid groups (broad SMARTS) is 1. The van der Waals surface area contributed by atoms with Crippen LogP contribution < -0.4 is 0 Å². The zero-order valence-electron chi connectivity index (χ0n) is 10.1. The third-order valence-electron chi connectivity index (χ3n) is 3.54. The van der Waals surface area contributed by atoms with Crippen molar-refractivity contribution < 1.29 is 9.90 Å². The van der Waals surface area contributed by atoms with Gasteiger partial charge in [-0.15, -0.1) is 0 Å². The summed E-state index contributed by atoms with van der Waals surface area (Å²) in [6, 6.07) is 5.72. The number of carbonyl (C=O) groups is 1. The molecule has 0 aliphatic carbocycles. The molecule has 0 spiro atoms. The fourth-order valence-electron chi connectivity index (χ4n) is 2.32. The third-order valence-corrected chi connectivity index (χ3v) is 4.28. The normalized spacial score (nSPS) is 22.1. The minimum atomic E-state index is -0.709. The molecule has 18 heavy (non-hydrogen) atoms. The average molecular weight is 288 g/mol. The first-order chi connectivity index (χ1) is 8.49. The molecule has 1 saturated heterocycles. The molecule has 3 nitrogen and oxygen atoms in total. The molecule has 0 bridgehead atoms. The number of nitrogens with zero attached hydrogens (tertiary/aromatic N) is 1. The van der Waals surface area contributed by atoms with Gasteiger partial charge in [-0.1, -0.05) is 29.3 Å². The number of halogens is 2. The second-order valence-electron chi connectivity index (χ2n) is 4.67. The Bertz CT molecular complexity index is 464. The van der Waals surface area contributed by atoms with E-state index < -0.39 is 5.97 Å². The molecule has 0 saturated carbocycles. The van der Waals surface area contributed by atoms with Crippen LogP contribution >= 0.6 is 23.2 Å². The van der Waals surface area contributed by atoms with E-state index in [2.05, 4.69) is 11.8 Å². The predicted molar refractivity (Wildman–Crippen MR) is 72.2 cm³/mol. The molecule has 1 fully saturated rings. The van der Waals surface area contributed by atoms with Gasteiger partial charge in [-0.25, -0.2) is 0 Å². The van der Waals surface area contributed by atoms with Gasteiger partial charge in [-0.2, -0.15) is 0 Å². The highest BCUT2D eigenvalue weighted by Gasteiger charge is 2.31. The van der Waals surface area contributed by atoms with Gasteiger partial charge in [-0.3, -0.25) is 9.69 Å². The zero-order valence-corrected chi connectivity index (χ0v) is 11.6. The van der Waals surface area contributed by atoms with E-state index >= 15 is 0 Å². The van der Waals surface area contributed by atoms with Gasteiger partial charge in [0.05, 0.1) is 16.0 Å². The number of hydrogen-bond donors (Lipinski definition) is 1. The molecule has 1 aromatic rings. The predicted octanol–water partition coefficient (Wildman–Crippen LogP) is 3.46. The van der Waals surface area contributed by atoms with Crippen LogP contribution in [0.5, 0.6) is 0 Å². The summed E-state index contributed by atoms with van der Waals surface area (Å²) in [6.07, 6.45) is 0.709. The average Bonchev–Trinajstić information content (AvgIpc) is 2.81. The van der Waals surface area contributed by atoms with Crippen LogP contribution in [0.1, 0.15) is 24.9 Å². The van der Waals surface area contributed by atoms with Crippen LogP contribution in [0, 0.1) is 5.92 Å². The Morgan fingerprint density at radius 3 is 2.72 bits per heavy atom. The van der Waals surface area contributed by atoms with Crippen molar-refractivity contribution in [2.24, 2.45) is 5.92 Å². The van der Waals surface area contributed by atoms with Crippen LogP contribution in [0.25, 0.3) is 0 Å². The molecule has 1 heterocycles. The lowest BCUT2D eigenvalue weighted by Gasteiger charge is -2.24. The molecule has 98 valence electrons. The minimum absolute atomic E-state index is 0.157. The van der Waals surface area contributed by atoms with Crippen molar-refractivity contribution in [1.29, 1.82) is 0 Å². The Morgan fingerprint density at radius 2 is 2.17 bits per heavy atom. The lowest BCUT2D eigenvalue weighted by molar-refractivity contribution is -0.141. The SMILES string of the molecule is C[C@H](c1ccc(Cl)c(Cl)c1)N1CC[C@H](C(=O)O)C1. The molecule has 0 aromatic heterocycles. The van der Waals surface area contributed by atoms with E-state index in [1.54, 1.807) is 6.07 Å². The molecule has 1 aliphatic heterocycles. The summed E-state index contributed by atoms with van der Waals surface area (Å²) < 4.78 is 0. The number of hydrogen-bond acceptors (Lipinski definition) is 2. The second kappa shape index (κ2) is 5.47. The van der Waals surface area contributed by atoms with Crippen LogP contribution in [-0.4, -0.2) is 29.1 Å².